The van der Waals surface area contributed by atoms with Gasteiger partial charge >= 0.3 is 0 Å². The van der Waals surface area contributed by atoms with Crippen molar-refractivity contribution in [2.24, 2.45) is 0 Å². The quantitative estimate of drug-likeness (QED) is 0.570. The minimum Gasteiger partial charge on any atom is -0.497 e. The normalized spacial score (nSPS) is 11.2. The molecule has 0 bridgehead atoms. The Balaban J connectivity index is 2.22. The Kier molecular flexibility index (Phi) is 5.21. The Morgan fingerprint density at radius 1 is 1.14 bits per heavy atom. The van der Waals surface area contributed by atoms with Crippen LogP contribution in [-0.4, -0.2) is 11.7 Å². The summed E-state index contributed by atoms with van der Waals surface area (Å²) in [5, 5.41) is 8.44. The van der Waals surface area contributed by atoms with Gasteiger partial charge < -0.3 is 9.84 Å². The predicted molar refractivity (Wildman–Crippen MR) is 56.6 cm³/mol. The SMILES string of the molecule is OC/C=C/C=C/OCc1ccccc1. The van der Waals surface area contributed by atoms with Crippen LogP contribution in [-0.2, 0) is 11.3 Å². The molecule has 74 valence electrons. The lowest BCUT2D eigenvalue weighted by molar-refractivity contribution is 0.236. The van der Waals surface area contributed by atoms with E-state index >= 15 is 0 Å². The van der Waals surface area contributed by atoms with E-state index in [-0.39, 0.29) is 6.61 Å². The van der Waals surface area contributed by atoms with E-state index in [4.69, 9.17) is 9.84 Å². The fourth-order valence-electron chi connectivity index (χ4n) is 0.959. The van der Waals surface area contributed by atoms with Crippen molar-refractivity contribution >= 4 is 0 Å². The van der Waals surface area contributed by atoms with Crippen LogP contribution in [0.4, 0.5) is 0 Å². The Morgan fingerprint density at radius 3 is 2.64 bits per heavy atom. The Morgan fingerprint density at radius 2 is 1.93 bits per heavy atom. The van der Waals surface area contributed by atoms with Gasteiger partial charge in [-0.1, -0.05) is 42.5 Å². The molecule has 0 aromatic heterocycles. The van der Waals surface area contributed by atoms with Crippen LogP contribution in [0.25, 0.3) is 0 Å². The monoisotopic (exact) mass is 190 g/mol. The molecule has 0 heterocycles. The minimum atomic E-state index is 0.0586. The summed E-state index contributed by atoms with van der Waals surface area (Å²) in [7, 11) is 0. The van der Waals surface area contributed by atoms with Gasteiger partial charge in [-0.05, 0) is 11.6 Å². The van der Waals surface area contributed by atoms with Gasteiger partial charge in [-0.2, -0.15) is 0 Å². The Hall–Kier alpha value is -1.54. The van der Waals surface area contributed by atoms with E-state index < -0.39 is 0 Å². The average Bonchev–Trinajstić information content (AvgIpc) is 2.25. The molecule has 0 atom stereocenters. The van der Waals surface area contributed by atoms with Crippen LogP contribution in [0.15, 0.2) is 54.8 Å². The summed E-state index contributed by atoms with van der Waals surface area (Å²) in [6, 6.07) is 9.96. The van der Waals surface area contributed by atoms with E-state index in [9.17, 15) is 0 Å². The molecule has 0 saturated carbocycles. The number of aliphatic hydroxyl groups is 1. The highest BCUT2D eigenvalue weighted by atomic mass is 16.5. The molecule has 0 saturated heterocycles. The topological polar surface area (TPSA) is 29.5 Å². The summed E-state index contributed by atoms with van der Waals surface area (Å²) < 4.78 is 5.25. The van der Waals surface area contributed by atoms with Crippen LogP contribution >= 0.6 is 0 Å². The van der Waals surface area contributed by atoms with Gasteiger partial charge in [-0.15, -0.1) is 0 Å². The number of benzene rings is 1. The maximum absolute atomic E-state index is 8.44. The summed E-state index contributed by atoms with van der Waals surface area (Å²) in [6.45, 7) is 0.632. The lowest BCUT2D eigenvalue weighted by atomic mass is 10.2. The maximum Gasteiger partial charge on any atom is 0.112 e. The highest BCUT2D eigenvalue weighted by Gasteiger charge is 1.86. The molecular formula is C12H14O2. The van der Waals surface area contributed by atoms with Gasteiger partial charge in [0.1, 0.15) is 6.61 Å². The molecule has 0 spiro atoms. The molecule has 14 heavy (non-hydrogen) atoms. The molecule has 0 aliphatic heterocycles. The van der Waals surface area contributed by atoms with Crippen LogP contribution in [0.2, 0.25) is 0 Å². The van der Waals surface area contributed by atoms with E-state index in [0.717, 1.165) is 5.56 Å². The second-order valence-electron chi connectivity index (χ2n) is 2.74. The van der Waals surface area contributed by atoms with Gasteiger partial charge in [-0.3, -0.25) is 0 Å². The van der Waals surface area contributed by atoms with Crippen LogP contribution in [0.5, 0.6) is 0 Å². The van der Waals surface area contributed by atoms with Gasteiger partial charge in [0.25, 0.3) is 0 Å². The lowest BCUT2D eigenvalue weighted by Crippen LogP contribution is -1.84. The van der Waals surface area contributed by atoms with E-state index in [0.29, 0.717) is 6.61 Å². The number of ether oxygens (including phenoxy) is 1. The molecule has 1 rings (SSSR count). The summed E-state index contributed by atoms with van der Waals surface area (Å²) in [5.41, 5.74) is 1.14. The molecule has 1 N–H and O–H groups in total. The number of hydrogen-bond donors (Lipinski definition) is 1. The Labute approximate surface area is 84.1 Å². The fraction of sp³-hybridized carbons (Fsp3) is 0.167. The zero-order chi connectivity index (χ0) is 10.1. The highest BCUT2D eigenvalue weighted by Crippen LogP contribution is 2.00. The number of rotatable bonds is 5. The van der Waals surface area contributed by atoms with Crippen LogP contribution in [0, 0.1) is 0 Å². The number of aliphatic hydroxyl groups excluding tert-OH is 1. The standard InChI is InChI=1S/C12H14O2/c13-9-5-2-6-10-14-11-12-7-3-1-4-8-12/h1-8,10,13H,9,11H2/b5-2+,10-6+. The molecular weight excluding hydrogens is 176 g/mol. The number of hydrogen-bond acceptors (Lipinski definition) is 2. The molecule has 1 aromatic rings. The average molecular weight is 190 g/mol. The van der Waals surface area contributed by atoms with Crippen LogP contribution < -0.4 is 0 Å². The van der Waals surface area contributed by atoms with E-state index in [1.54, 1.807) is 24.5 Å². The second-order valence-corrected chi connectivity index (χ2v) is 2.74. The van der Waals surface area contributed by atoms with Gasteiger partial charge in [0.05, 0.1) is 12.9 Å². The van der Waals surface area contributed by atoms with Crippen LogP contribution in [0.1, 0.15) is 5.56 Å². The maximum atomic E-state index is 8.44. The summed E-state index contributed by atoms with van der Waals surface area (Å²) in [4.78, 5) is 0. The van der Waals surface area contributed by atoms with Crippen LogP contribution in [0.3, 0.4) is 0 Å². The molecule has 2 heteroatoms. The fourth-order valence-corrected chi connectivity index (χ4v) is 0.959. The largest absolute Gasteiger partial charge is 0.497 e. The van der Waals surface area contributed by atoms with Crippen molar-refractivity contribution in [3.63, 3.8) is 0 Å². The van der Waals surface area contributed by atoms with E-state index in [1.165, 1.54) is 0 Å². The summed E-state index contributed by atoms with van der Waals surface area (Å²) in [5.74, 6) is 0. The molecule has 0 radical (unpaired) electrons. The van der Waals surface area contributed by atoms with Gasteiger partial charge in [0.2, 0.25) is 0 Å². The first kappa shape index (κ1) is 10.5. The summed E-state index contributed by atoms with van der Waals surface area (Å²) in [6.07, 6.45) is 6.74. The molecule has 0 amide bonds. The number of allylic oxidation sites excluding steroid dienone is 2. The predicted octanol–water partition coefficient (Wildman–Crippen LogP) is 2.27. The summed E-state index contributed by atoms with van der Waals surface area (Å²) >= 11 is 0. The van der Waals surface area contributed by atoms with E-state index in [2.05, 4.69) is 0 Å². The van der Waals surface area contributed by atoms with Crippen molar-refractivity contribution in [2.45, 2.75) is 6.61 Å². The van der Waals surface area contributed by atoms with Crippen molar-refractivity contribution in [1.29, 1.82) is 0 Å². The molecule has 0 aliphatic rings. The van der Waals surface area contributed by atoms with Crippen molar-refractivity contribution in [3.8, 4) is 0 Å². The first-order valence-electron chi connectivity index (χ1n) is 4.51. The second kappa shape index (κ2) is 6.92. The van der Waals surface area contributed by atoms with Crippen molar-refractivity contribution in [3.05, 3.63) is 60.4 Å². The smallest absolute Gasteiger partial charge is 0.112 e. The van der Waals surface area contributed by atoms with Crippen molar-refractivity contribution in [2.75, 3.05) is 6.61 Å². The first-order chi connectivity index (χ1) is 6.93. The third-order valence-electron chi connectivity index (χ3n) is 1.62. The third-order valence-corrected chi connectivity index (χ3v) is 1.62. The zero-order valence-corrected chi connectivity index (χ0v) is 7.97. The third kappa shape index (κ3) is 4.48. The van der Waals surface area contributed by atoms with Crippen molar-refractivity contribution < 1.29 is 9.84 Å². The molecule has 0 aliphatic carbocycles. The lowest BCUT2D eigenvalue weighted by Gasteiger charge is -1.99. The minimum absolute atomic E-state index is 0.0586. The van der Waals surface area contributed by atoms with Gasteiger partial charge in [-0.25, -0.2) is 0 Å². The molecule has 1 aromatic carbocycles. The molecule has 0 unspecified atom stereocenters. The Bertz CT molecular complexity index is 288. The van der Waals surface area contributed by atoms with Gasteiger partial charge in [0.15, 0.2) is 0 Å². The molecule has 2 nitrogen and oxygen atoms in total. The zero-order valence-electron chi connectivity index (χ0n) is 7.97. The van der Waals surface area contributed by atoms with E-state index in [1.807, 2.05) is 30.3 Å². The van der Waals surface area contributed by atoms with Crippen molar-refractivity contribution in [1.82, 2.24) is 0 Å². The van der Waals surface area contributed by atoms with Gasteiger partial charge in [0, 0.05) is 0 Å². The molecule has 0 fully saturated rings. The highest BCUT2D eigenvalue weighted by molar-refractivity contribution is 5.13. The first-order valence-corrected chi connectivity index (χ1v) is 4.51.